The fourth-order valence-corrected chi connectivity index (χ4v) is 25.0. The molecule has 6 aromatic rings. The predicted octanol–water partition coefficient (Wildman–Crippen LogP) is 10.9. The van der Waals surface area contributed by atoms with Crippen molar-refractivity contribution < 1.29 is 58.6 Å². The molecular formula is C91H119N15O15. The van der Waals surface area contributed by atoms with E-state index in [1.807, 2.05) is 75.9 Å². The molecule has 6 saturated heterocycles. The number of aliphatic carboxylic acids is 3. The van der Waals surface area contributed by atoms with Crippen LogP contribution in [0.4, 0.5) is 0 Å². The summed E-state index contributed by atoms with van der Waals surface area (Å²) in [6, 6.07) is 26.8. The van der Waals surface area contributed by atoms with Crippen LogP contribution in [-0.2, 0) is 43.3 Å². The highest BCUT2D eigenvalue weighted by molar-refractivity contribution is 6.45. The summed E-state index contributed by atoms with van der Waals surface area (Å²) < 4.78 is 5.44. The number of amides is 3. The van der Waals surface area contributed by atoms with Crippen molar-refractivity contribution in [2.45, 2.75) is 297 Å². The van der Waals surface area contributed by atoms with Gasteiger partial charge < -0.3 is 59.9 Å². The van der Waals surface area contributed by atoms with Crippen molar-refractivity contribution in [2.75, 3.05) is 33.9 Å². The molecule has 3 aromatic heterocycles. The number of para-hydroxylation sites is 6. The first-order valence-electron chi connectivity index (χ1n) is 45.1. The molecule has 0 radical (unpaired) electrons. The Bertz CT molecular complexity index is 5040. The largest absolute Gasteiger partial charge is 0.479 e. The maximum absolute atomic E-state index is 14.2. The van der Waals surface area contributed by atoms with E-state index in [4.69, 9.17) is 35.6 Å². The minimum Gasteiger partial charge on any atom is -0.479 e. The van der Waals surface area contributed by atoms with Crippen LogP contribution in [0.5, 0.6) is 0 Å². The molecule has 15 atom stereocenters. The van der Waals surface area contributed by atoms with E-state index < -0.39 is 77.8 Å². The molecule has 12 aliphatic rings. The molecule has 12 fully saturated rings. The number of piperidine rings is 6. The number of carbonyl (C=O) groups is 6. The standard InChI is InChI=1S/C31H41N5O5.2C30H39N5O5/c1-32-30(39)28(34-41-18-27(37)38)29-31(40)36(26-12-5-4-11-25(26)33-29)24-16-21-9-6-10-22(17-24)35(21)23-14-19-7-2-3-8-20(13-19)15-23;1-31-29(38)27(33-40-17-26(36)37)28-30(39)35(25-11-3-2-10-24(25)32-28)23-15-20-8-5-9-21(16-23)34(20)22-13-18-6-4-7-19(12-18)14-22;31-29(38)27(33-40-17-26(36)37)28-30(39)35(25-11-4-3-10-24(25)32-28)23-15-20-8-5-9-21(16-23)34(20)22-13-18-6-1-2-7-19(12-18)14-22/h4-5,11-12,19-24H,2-3,6-10,13-18H2,1H3,(H,32,39)(H,37,38);2-3,10-11,18-23H,4-9,12-17H2,1H3,(H,31,38)(H,36,37);3-4,10-11,18-23H,1-2,5-9,12-17H2,(H2,31,38)(H,36,37)/t19?,20?,21-,22+,23?,24?;2*18?,19?,20-,21+,22?,23?. The van der Waals surface area contributed by atoms with Crippen molar-refractivity contribution in [3.8, 4) is 0 Å². The number of likely N-dealkylation sites (N-methyl/N-ethyl adjacent to an activating group) is 2. The van der Waals surface area contributed by atoms with Gasteiger partial charge in [-0.15, -0.1) is 0 Å². The maximum Gasteiger partial charge on any atom is 0.344 e. The first kappa shape index (κ1) is 84.8. The molecule has 30 heteroatoms. The summed E-state index contributed by atoms with van der Waals surface area (Å²) in [5.74, 6) is -0.865. The van der Waals surface area contributed by atoms with Crippen LogP contribution in [0.1, 0.15) is 260 Å². The number of nitrogens with one attached hydrogen (secondary N) is 2. The normalized spacial score (nSPS) is 30.6. The molecule has 9 unspecified atom stereocenters. The van der Waals surface area contributed by atoms with Gasteiger partial charge in [0.05, 0.1) is 33.1 Å². The summed E-state index contributed by atoms with van der Waals surface area (Å²) in [5, 5.41) is 43.0. The summed E-state index contributed by atoms with van der Waals surface area (Å²) in [4.78, 5) is 150. The molecule has 30 nitrogen and oxygen atoms in total. The van der Waals surface area contributed by atoms with Gasteiger partial charge in [-0.05, 0) is 207 Å². The quantitative estimate of drug-likeness (QED) is 0.0288. The van der Waals surface area contributed by atoms with Crippen molar-refractivity contribution >= 4 is 85.9 Å². The first-order chi connectivity index (χ1) is 58.7. The second-order valence-electron chi connectivity index (χ2n) is 36.9. The van der Waals surface area contributed by atoms with Gasteiger partial charge in [-0.3, -0.25) is 43.5 Å². The number of carboxylic acid groups (broad SMARTS) is 3. The maximum atomic E-state index is 14.2. The molecule has 3 amide bonds. The summed E-state index contributed by atoms with van der Waals surface area (Å²) in [7, 11) is 2.85. The van der Waals surface area contributed by atoms with Crippen molar-refractivity contribution in [3.63, 3.8) is 0 Å². The summed E-state index contributed by atoms with van der Waals surface area (Å²) in [5.41, 5.74) is 6.66. The molecular weight excluding hydrogens is 1540 g/mol. The Labute approximate surface area is 703 Å². The number of hydrogen-bond acceptors (Lipinski definition) is 21. The average Bonchev–Trinajstić information content (AvgIpc) is 0.849. The van der Waals surface area contributed by atoms with Crippen LogP contribution < -0.4 is 33.0 Å². The van der Waals surface area contributed by atoms with Gasteiger partial charge in [0.15, 0.2) is 34.2 Å². The summed E-state index contributed by atoms with van der Waals surface area (Å²) in [6.45, 7) is -2.22. The zero-order chi connectivity index (χ0) is 84.1. The number of aromatic nitrogens is 6. The molecule has 121 heavy (non-hydrogen) atoms. The third-order valence-corrected chi connectivity index (χ3v) is 29.4. The van der Waals surface area contributed by atoms with Gasteiger partial charge >= 0.3 is 17.9 Å². The van der Waals surface area contributed by atoms with E-state index >= 15 is 0 Å². The van der Waals surface area contributed by atoms with E-state index in [2.05, 4.69) is 55.8 Å². The van der Waals surface area contributed by atoms with Gasteiger partial charge in [0.25, 0.3) is 34.4 Å². The molecule has 648 valence electrons. The van der Waals surface area contributed by atoms with Crippen molar-refractivity contribution in [1.82, 2.24) is 54.0 Å². The number of carbonyl (C=O) groups excluding carboxylic acids is 3. The molecule has 6 aliphatic heterocycles. The molecule has 9 heterocycles. The minimum absolute atomic E-state index is 0.0281. The zero-order valence-corrected chi connectivity index (χ0v) is 69.9. The van der Waals surface area contributed by atoms with E-state index in [1.54, 1.807) is 10.6 Å². The van der Waals surface area contributed by atoms with Crippen molar-refractivity contribution in [1.29, 1.82) is 0 Å². The number of hydrogen-bond donors (Lipinski definition) is 6. The lowest BCUT2D eigenvalue weighted by Gasteiger charge is -2.55. The summed E-state index contributed by atoms with van der Waals surface area (Å²) in [6.07, 6.45) is 43.1. The van der Waals surface area contributed by atoms with Gasteiger partial charge in [-0.1, -0.05) is 142 Å². The van der Waals surface area contributed by atoms with Gasteiger partial charge in [0.1, 0.15) is 0 Å². The van der Waals surface area contributed by atoms with Crippen LogP contribution in [0.15, 0.2) is 103 Å². The molecule has 0 spiro atoms. The lowest BCUT2D eigenvalue weighted by Crippen LogP contribution is -2.58. The highest BCUT2D eigenvalue weighted by Crippen LogP contribution is 2.52. The first-order valence-corrected chi connectivity index (χ1v) is 45.1. The van der Waals surface area contributed by atoms with Gasteiger partial charge in [0.2, 0.25) is 19.8 Å². The number of nitrogens with two attached hydrogens (primary N) is 1. The Morgan fingerprint density at radius 3 is 0.860 bits per heavy atom. The Hall–Kier alpha value is -9.81. The Morgan fingerprint density at radius 2 is 0.595 bits per heavy atom. The average molecular weight is 1660 g/mol. The zero-order valence-electron chi connectivity index (χ0n) is 69.9. The number of primary amides is 1. The number of benzene rings is 3. The van der Waals surface area contributed by atoms with Gasteiger partial charge in [-0.25, -0.2) is 29.3 Å². The highest BCUT2D eigenvalue weighted by atomic mass is 16.6. The van der Waals surface area contributed by atoms with Crippen molar-refractivity contribution in [3.05, 3.63) is 121 Å². The Kier molecular flexibility index (Phi) is 26.6. The van der Waals surface area contributed by atoms with E-state index in [0.717, 1.165) is 124 Å². The third-order valence-electron chi connectivity index (χ3n) is 29.4. The lowest BCUT2D eigenvalue weighted by atomic mass is 9.68. The Balaban J connectivity index is 0.000000135. The molecule has 6 saturated carbocycles. The van der Waals surface area contributed by atoms with Crippen LogP contribution in [-0.4, -0.2) is 200 Å². The second-order valence-corrected chi connectivity index (χ2v) is 36.9. The van der Waals surface area contributed by atoms with E-state index in [1.165, 1.54) is 162 Å². The van der Waals surface area contributed by atoms with E-state index in [-0.39, 0.29) is 46.6 Å². The Morgan fingerprint density at radius 1 is 0.347 bits per heavy atom. The number of fused-ring (bicyclic) bond motifs is 15. The second kappa shape index (κ2) is 37.9. The van der Waals surface area contributed by atoms with Crippen molar-refractivity contribution in [2.24, 2.45) is 56.7 Å². The molecule has 7 N–H and O–H groups in total. The minimum atomic E-state index is -1.26. The summed E-state index contributed by atoms with van der Waals surface area (Å²) >= 11 is 0. The topological polar surface area (TPSA) is 392 Å². The number of nitrogens with zero attached hydrogens (tertiary/aromatic N) is 12. The lowest BCUT2D eigenvalue weighted by molar-refractivity contribution is -0.143. The fourth-order valence-electron chi connectivity index (χ4n) is 25.0. The molecule has 3 aromatic carbocycles. The SMILES string of the molecule is CNC(=O)C(=NOCC(=O)O)c1nc2ccccc2n(C2C[C@H]3CCC[C@@H](C2)N3C2CC3CCCC(C3)C2)c1=O.CNC(=O)C(=NOCC(=O)O)c1nc2ccccc2n(C2C[C@H]3CCC[C@@H](C2)N3C2CC3CCCCC(C3)C2)c1=O.NC(=O)C(=NOCC(=O)O)c1nc2ccccc2n(C2C[C@H]3CCC[C@@H](C2)N3C2CC3CCCCC(C3)C2)c1=O. The highest BCUT2D eigenvalue weighted by Gasteiger charge is 2.50. The van der Waals surface area contributed by atoms with Crippen LogP contribution >= 0.6 is 0 Å². The van der Waals surface area contributed by atoms with Gasteiger partial charge in [0, 0.05) is 86.6 Å². The van der Waals surface area contributed by atoms with Crippen LogP contribution in [0.2, 0.25) is 0 Å². The monoisotopic (exact) mass is 1660 g/mol. The number of carboxylic acids is 3. The molecule has 6 aliphatic carbocycles. The number of oxime groups is 3. The van der Waals surface area contributed by atoms with Crippen LogP contribution in [0.3, 0.4) is 0 Å². The molecule has 12 bridgehead atoms. The van der Waals surface area contributed by atoms with E-state index in [0.29, 0.717) is 76.4 Å². The van der Waals surface area contributed by atoms with Gasteiger partial charge in [-0.2, -0.15) is 0 Å². The third kappa shape index (κ3) is 18.6. The smallest absolute Gasteiger partial charge is 0.344 e. The molecule has 18 rings (SSSR count). The van der Waals surface area contributed by atoms with Crippen LogP contribution in [0, 0.1) is 35.5 Å². The van der Waals surface area contributed by atoms with E-state index in [9.17, 15) is 43.2 Å². The van der Waals surface area contributed by atoms with Crippen LogP contribution in [0.25, 0.3) is 33.1 Å². The number of rotatable bonds is 21. The fraction of sp³-hybridized carbons (Fsp3) is 0.637. The predicted molar refractivity (Wildman–Crippen MR) is 455 cm³/mol.